The minimum absolute atomic E-state index is 0.0115. The van der Waals surface area contributed by atoms with Crippen molar-refractivity contribution in [1.82, 2.24) is 14.9 Å². The maximum Gasteiger partial charge on any atom is 0.257 e. The molecule has 1 amide bonds. The first-order valence-electron chi connectivity index (χ1n) is 10.0. The number of benzene rings is 2. The van der Waals surface area contributed by atoms with Crippen LogP contribution in [0.2, 0.25) is 5.02 Å². The monoisotopic (exact) mass is 423 g/mol. The molecule has 1 unspecified atom stereocenters. The molecule has 1 aromatic heterocycles. The average Bonchev–Trinajstić information content (AvgIpc) is 2.73. The number of rotatable bonds is 7. The molecule has 3 rings (SSSR count). The predicted molar refractivity (Wildman–Crippen MR) is 121 cm³/mol. The zero-order chi connectivity index (χ0) is 21.7. The van der Waals surface area contributed by atoms with Gasteiger partial charge in [0.1, 0.15) is 12.4 Å². The Labute approximate surface area is 181 Å². The third-order valence-corrected chi connectivity index (χ3v) is 5.37. The number of nitrogens with one attached hydrogen (secondary N) is 1. The lowest BCUT2D eigenvalue weighted by Gasteiger charge is -2.17. The van der Waals surface area contributed by atoms with Crippen molar-refractivity contribution in [3.8, 4) is 11.4 Å². The second-order valence-corrected chi connectivity index (χ2v) is 7.98. The summed E-state index contributed by atoms with van der Waals surface area (Å²) in [6.07, 6.45) is 1.69. The lowest BCUT2D eigenvalue weighted by Crippen LogP contribution is -2.39. The van der Waals surface area contributed by atoms with Gasteiger partial charge in [0, 0.05) is 27.9 Å². The molecule has 30 heavy (non-hydrogen) atoms. The highest BCUT2D eigenvalue weighted by Crippen LogP contribution is 2.21. The van der Waals surface area contributed by atoms with Crippen LogP contribution in [-0.2, 0) is 17.8 Å². The molecule has 1 heterocycles. The van der Waals surface area contributed by atoms with Crippen molar-refractivity contribution in [2.24, 2.45) is 0 Å². The van der Waals surface area contributed by atoms with Gasteiger partial charge < -0.3 is 5.32 Å². The van der Waals surface area contributed by atoms with Crippen molar-refractivity contribution >= 4 is 17.5 Å². The van der Waals surface area contributed by atoms with Gasteiger partial charge in [-0.25, -0.2) is 4.98 Å². The zero-order valence-electron chi connectivity index (χ0n) is 17.5. The van der Waals surface area contributed by atoms with E-state index in [1.807, 2.05) is 31.2 Å². The summed E-state index contributed by atoms with van der Waals surface area (Å²) in [7, 11) is 0. The van der Waals surface area contributed by atoms with Crippen LogP contribution in [0.3, 0.4) is 0 Å². The average molecular weight is 424 g/mol. The summed E-state index contributed by atoms with van der Waals surface area (Å²) >= 11 is 6.12. The van der Waals surface area contributed by atoms with Gasteiger partial charge in [-0.05, 0) is 51.3 Å². The smallest absolute Gasteiger partial charge is 0.257 e. The van der Waals surface area contributed by atoms with E-state index >= 15 is 0 Å². The van der Waals surface area contributed by atoms with Crippen LogP contribution in [0.25, 0.3) is 11.4 Å². The minimum atomic E-state index is -0.218. The van der Waals surface area contributed by atoms with Crippen LogP contribution in [0.15, 0.2) is 59.4 Å². The van der Waals surface area contributed by atoms with E-state index in [9.17, 15) is 9.59 Å². The van der Waals surface area contributed by atoms with E-state index < -0.39 is 0 Å². The molecule has 0 radical (unpaired) electrons. The fraction of sp³-hybridized carbons (Fsp3) is 0.292. The lowest BCUT2D eigenvalue weighted by atomic mass is 10.1. The van der Waals surface area contributed by atoms with E-state index in [0.717, 1.165) is 12.8 Å². The van der Waals surface area contributed by atoms with Crippen molar-refractivity contribution in [3.05, 3.63) is 86.8 Å². The largest absolute Gasteiger partial charge is 0.352 e. The number of hydrogen-bond donors (Lipinski definition) is 1. The summed E-state index contributed by atoms with van der Waals surface area (Å²) in [6.45, 7) is 5.40. The second kappa shape index (κ2) is 9.72. The third-order valence-electron chi connectivity index (χ3n) is 5.14. The highest BCUT2D eigenvalue weighted by molar-refractivity contribution is 6.30. The van der Waals surface area contributed by atoms with Gasteiger partial charge in [0.05, 0.1) is 0 Å². The molecule has 0 aliphatic rings. The first kappa shape index (κ1) is 21.8. The highest BCUT2D eigenvalue weighted by Gasteiger charge is 2.17. The quantitative estimate of drug-likeness (QED) is 0.615. The summed E-state index contributed by atoms with van der Waals surface area (Å²) in [5.41, 5.74) is 2.89. The van der Waals surface area contributed by atoms with Gasteiger partial charge in [-0.15, -0.1) is 0 Å². The van der Waals surface area contributed by atoms with Crippen LogP contribution >= 0.6 is 11.6 Å². The molecule has 6 heteroatoms. The van der Waals surface area contributed by atoms with Crippen LogP contribution in [0.1, 0.15) is 30.2 Å². The summed E-state index contributed by atoms with van der Waals surface area (Å²) in [5.74, 6) is 0.226. The van der Waals surface area contributed by atoms with E-state index in [4.69, 9.17) is 11.6 Å². The van der Waals surface area contributed by atoms with Crippen LogP contribution in [0.5, 0.6) is 0 Å². The molecule has 0 saturated heterocycles. The van der Waals surface area contributed by atoms with Crippen molar-refractivity contribution in [3.63, 3.8) is 0 Å². The van der Waals surface area contributed by atoms with Crippen molar-refractivity contribution in [2.45, 2.75) is 46.2 Å². The number of carbonyl (C=O) groups excluding carboxylic acids is 1. The Balaban J connectivity index is 1.77. The maximum absolute atomic E-state index is 12.9. The standard InChI is InChI=1S/C24H26ClN3O2/c1-16(12-13-19-8-5-4-6-9-19)26-22(29)15-28-23(20-10-7-11-21(25)14-20)27-18(3)17(2)24(28)30/h4-11,14,16H,12-13,15H2,1-3H3,(H,26,29). The number of nitrogens with zero attached hydrogens (tertiary/aromatic N) is 2. The highest BCUT2D eigenvalue weighted by atomic mass is 35.5. The first-order valence-corrected chi connectivity index (χ1v) is 10.4. The van der Waals surface area contributed by atoms with Crippen molar-refractivity contribution in [2.75, 3.05) is 0 Å². The minimum Gasteiger partial charge on any atom is -0.352 e. The molecule has 0 bridgehead atoms. The van der Waals surface area contributed by atoms with Gasteiger partial charge in [0.25, 0.3) is 5.56 Å². The molecule has 0 aliphatic heterocycles. The van der Waals surface area contributed by atoms with Gasteiger partial charge in [-0.3, -0.25) is 14.2 Å². The maximum atomic E-state index is 12.9. The molecule has 156 valence electrons. The molecule has 2 aromatic carbocycles. The molecule has 5 nitrogen and oxygen atoms in total. The SMILES string of the molecule is Cc1nc(-c2cccc(Cl)c2)n(CC(=O)NC(C)CCc2ccccc2)c(=O)c1C. The summed E-state index contributed by atoms with van der Waals surface area (Å²) in [6, 6.07) is 17.3. The molecule has 0 spiro atoms. The van der Waals surface area contributed by atoms with E-state index in [-0.39, 0.29) is 24.1 Å². The molecule has 1 N–H and O–H groups in total. The zero-order valence-corrected chi connectivity index (χ0v) is 18.2. The number of carbonyl (C=O) groups is 1. The van der Waals surface area contributed by atoms with E-state index in [1.54, 1.807) is 32.0 Å². The third kappa shape index (κ3) is 5.36. The molecular formula is C24H26ClN3O2. The Kier molecular flexibility index (Phi) is 7.06. The van der Waals surface area contributed by atoms with Crippen LogP contribution in [0, 0.1) is 13.8 Å². The molecule has 0 aliphatic carbocycles. The van der Waals surface area contributed by atoms with Gasteiger partial charge in [-0.2, -0.15) is 0 Å². The van der Waals surface area contributed by atoms with Crippen LogP contribution in [0.4, 0.5) is 0 Å². The Hall–Kier alpha value is -2.92. The Morgan fingerprint density at radius 2 is 1.87 bits per heavy atom. The summed E-state index contributed by atoms with van der Waals surface area (Å²) in [5, 5.41) is 3.54. The van der Waals surface area contributed by atoms with E-state index in [0.29, 0.717) is 27.7 Å². The van der Waals surface area contributed by atoms with Gasteiger partial charge in [0.2, 0.25) is 5.91 Å². The Bertz CT molecular complexity index is 1090. The molecule has 1 atom stereocenters. The molecule has 3 aromatic rings. The van der Waals surface area contributed by atoms with Gasteiger partial charge >= 0.3 is 0 Å². The number of halogens is 1. The number of hydrogen-bond acceptors (Lipinski definition) is 3. The Morgan fingerprint density at radius 3 is 2.57 bits per heavy atom. The fourth-order valence-electron chi connectivity index (χ4n) is 3.32. The summed E-state index contributed by atoms with van der Waals surface area (Å²) < 4.78 is 1.42. The first-order chi connectivity index (χ1) is 14.3. The van der Waals surface area contributed by atoms with Crippen LogP contribution in [-0.4, -0.2) is 21.5 Å². The number of amides is 1. The molecule has 0 fully saturated rings. The molecular weight excluding hydrogens is 398 g/mol. The van der Waals surface area contributed by atoms with E-state index in [1.165, 1.54) is 10.1 Å². The summed E-state index contributed by atoms with van der Waals surface area (Å²) in [4.78, 5) is 30.2. The topological polar surface area (TPSA) is 64.0 Å². The number of aryl methyl sites for hydroxylation is 2. The predicted octanol–water partition coefficient (Wildman–Crippen LogP) is 4.32. The fourth-order valence-corrected chi connectivity index (χ4v) is 3.51. The Morgan fingerprint density at radius 1 is 1.13 bits per heavy atom. The van der Waals surface area contributed by atoms with Crippen LogP contribution < -0.4 is 10.9 Å². The number of aromatic nitrogens is 2. The van der Waals surface area contributed by atoms with E-state index in [2.05, 4.69) is 22.4 Å². The van der Waals surface area contributed by atoms with Crippen molar-refractivity contribution in [1.29, 1.82) is 0 Å². The second-order valence-electron chi connectivity index (χ2n) is 7.54. The van der Waals surface area contributed by atoms with Crippen molar-refractivity contribution < 1.29 is 4.79 Å². The lowest BCUT2D eigenvalue weighted by molar-refractivity contribution is -0.122. The normalized spacial score (nSPS) is 11.9. The van der Waals surface area contributed by atoms with Gasteiger partial charge in [-0.1, -0.05) is 54.1 Å². The molecule has 0 saturated carbocycles. The van der Waals surface area contributed by atoms with Gasteiger partial charge in [0.15, 0.2) is 0 Å².